The highest BCUT2D eigenvalue weighted by atomic mass is 16.5. The van der Waals surface area contributed by atoms with Gasteiger partial charge in [-0.2, -0.15) is 0 Å². The zero-order chi connectivity index (χ0) is 21.7. The maximum Gasteiger partial charge on any atom is 0.258 e. The molecule has 0 radical (unpaired) electrons. The number of aryl methyl sites for hydroxylation is 1. The fraction of sp³-hybridized carbons (Fsp3) is 0.333. The van der Waals surface area contributed by atoms with Crippen molar-refractivity contribution in [1.82, 2.24) is 14.9 Å². The Morgan fingerprint density at radius 2 is 1.87 bits per heavy atom. The maximum atomic E-state index is 12.7. The Labute approximate surface area is 177 Å². The lowest BCUT2D eigenvalue weighted by Crippen LogP contribution is -2.34. The third kappa shape index (κ3) is 5.20. The van der Waals surface area contributed by atoms with Gasteiger partial charge in [-0.15, -0.1) is 0 Å². The Morgan fingerprint density at radius 1 is 1.13 bits per heavy atom. The Morgan fingerprint density at radius 3 is 2.47 bits per heavy atom. The third-order valence-electron chi connectivity index (χ3n) is 4.94. The second-order valence-electron chi connectivity index (χ2n) is 8.24. The zero-order valence-electron chi connectivity index (χ0n) is 18.2. The number of aromatic nitrogens is 2. The summed E-state index contributed by atoms with van der Waals surface area (Å²) in [5.74, 6) is 1.88. The minimum atomic E-state index is -0.417. The van der Waals surface area contributed by atoms with Crippen LogP contribution in [0.2, 0.25) is 0 Å². The Balaban J connectivity index is 1.71. The Bertz CT molecular complexity index is 987. The second kappa shape index (κ2) is 9.03. The van der Waals surface area contributed by atoms with Gasteiger partial charge in [0, 0.05) is 19.4 Å². The predicted octanol–water partition coefficient (Wildman–Crippen LogP) is 4.01. The van der Waals surface area contributed by atoms with Crippen LogP contribution in [0.3, 0.4) is 0 Å². The summed E-state index contributed by atoms with van der Waals surface area (Å²) in [5.41, 5.74) is 2.17. The molecule has 1 N–H and O–H groups in total. The Kier molecular flexibility index (Phi) is 6.45. The number of methoxy groups -OCH3 is 1. The SMILES string of the molecule is COc1cccc(C(NC(=O)COc2ccc(C(C)(C)C)cc2)c2nccn2C)c1. The van der Waals surface area contributed by atoms with Crippen LogP contribution < -0.4 is 14.8 Å². The molecule has 6 nitrogen and oxygen atoms in total. The topological polar surface area (TPSA) is 65.4 Å². The van der Waals surface area contributed by atoms with Gasteiger partial charge < -0.3 is 19.4 Å². The summed E-state index contributed by atoms with van der Waals surface area (Å²) in [5, 5.41) is 3.03. The summed E-state index contributed by atoms with van der Waals surface area (Å²) >= 11 is 0. The molecular weight excluding hydrogens is 378 g/mol. The van der Waals surface area contributed by atoms with E-state index >= 15 is 0 Å². The van der Waals surface area contributed by atoms with Crippen LogP contribution in [0.4, 0.5) is 0 Å². The zero-order valence-corrected chi connectivity index (χ0v) is 18.2. The summed E-state index contributed by atoms with van der Waals surface area (Å²) in [4.78, 5) is 17.1. The molecule has 1 heterocycles. The second-order valence-corrected chi connectivity index (χ2v) is 8.24. The summed E-state index contributed by atoms with van der Waals surface area (Å²) in [6.07, 6.45) is 3.56. The van der Waals surface area contributed by atoms with Gasteiger partial charge in [-0.3, -0.25) is 4.79 Å². The van der Waals surface area contributed by atoms with Gasteiger partial charge in [-0.25, -0.2) is 4.98 Å². The summed E-state index contributed by atoms with van der Waals surface area (Å²) in [6, 6.07) is 15.0. The molecule has 0 aliphatic heterocycles. The van der Waals surface area contributed by atoms with Crippen molar-refractivity contribution in [2.45, 2.75) is 32.2 Å². The first-order valence-corrected chi connectivity index (χ1v) is 9.92. The molecule has 0 aliphatic carbocycles. The summed E-state index contributed by atoms with van der Waals surface area (Å²) < 4.78 is 12.9. The highest BCUT2D eigenvalue weighted by Crippen LogP contribution is 2.25. The van der Waals surface area contributed by atoms with Crippen molar-refractivity contribution in [1.29, 1.82) is 0 Å². The van der Waals surface area contributed by atoms with E-state index in [1.807, 2.05) is 66.3 Å². The molecule has 1 amide bonds. The van der Waals surface area contributed by atoms with Gasteiger partial charge in [0.1, 0.15) is 23.4 Å². The molecule has 1 atom stereocenters. The van der Waals surface area contributed by atoms with E-state index in [4.69, 9.17) is 9.47 Å². The minimum Gasteiger partial charge on any atom is -0.497 e. The van der Waals surface area contributed by atoms with Crippen LogP contribution in [-0.4, -0.2) is 29.2 Å². The minimum absolute atomic E-state index is 0.0714. The molecule has 6 heteroatoms. The number of benzene rings is 2. The summed E-state index contributed by atoms with van der Waals surface area (Å²) in [6.45, 7) is 6.39. The van der Waals surface area contributed by atoms with E-state index in [2.05, 4.69) is 31.1 Å². The average Bonchev–Trinajstić information content (AvgIpc) is 3.15. The lowest BCUT2D eigenvalue weighted by Gasteiger charge is -2.20. The van der Waals surface area contributed by atoms with Crippen LogP contribution in [-0.2, 0) is 17.3 Å². The van der Waals surface area contributed by atoms with Gasteiger partial charge in [-0.05, 0) is 40.8 Å². The molecule has 30 heavy (non-hydrogen) atoms. The van der Waals surface area contributed by atoms with E-state index in [1.165, 1.54) is 5.56 Å². The van der Waals surface area contributed by atoms with Gasteiger partial charge in [0.2, 0.25) is 0 Å². The van der Waals surface area contributed by atoms with Gasteiger partial charge in [0.05, 0.1) is 7.11 Å². The largest absolute Gasteiger partial charge is 0.497 e. The van der Waals surface area contributed by atoms with Crippen molar-refractivity contribution < 1.29 is 14.3 Å². The van der Waals surface area contributed by atoms with Gasteiger partial charge in [-0.1, -0.05) is 45.0 Å². The number of rotatable bonds is 7. The van der Waals surface area contributed by atoms with Crippen molar-refractivity contribution >= 4 is 5.91 Å². The molecular formula is C24H29N3O3. The molecule has 1 aromatic heterocycles. The van der Waals surface area contributed by atoms with E-state index < -0.39 is 6.04 Å². The van der Waals surface area contributed by atoms with Crippen LogP contribution in [0.5, 0.6) is 11.5 Å². The van der Waals surface area contributed by atoms with E-state index in [1.54, 1.807) is 13.3 Å². The van der Waals surface area contributed by atoms with Crippen LogP contribution in [0.15, 0.2) is 60.9 Å². The number of imidazole rings is 1. The smallest absolute Gasteiger partial charge is 0.258 e. The fourth-order valence-corrected chi connectivity index (χ4v) is 3.18. The lowest BCUT2D eigenvalue weighted by molar-refractivity contribution is -0.123. The van der Waals surface area contributed by atoms with Crippen molar-refractivity contribution in [2.75, 3.05) is 13.7 Å². The molecule has 2 aromatic carbocycles. The quantitative estimate of drug-likeness (QED) is 0.643. The molecule has 3 rings (SSSR count). The number of nitrogens with zero attached hydrogens (tertiary/aromatic N) is 2. The van der Waals surface area contributed by atoms with E-state index in [-0.39, 0.29) is 17.9 Å². The van der Waals surface area contributed by atoms with Crippen LogP contribution in [0.1, 0.15) is 43.8 Å². The Hall–Kier alpha value is -3.28. The fourth-order valence-electron chi connectivity index (χ4n) is 3.18. The molecule has 3 aromatic rings. The number of hydrogen-bond donors (Lipinski definition) is 1. The van der Waals surface area contributed by atoms with Crippen molar-refractivity contribution in [3.63, 3.8) is 0 Å². The number of hydrogen-bond acceptors (Lipinski definition) is 4. The van der Waals surface area contributed by atoms with E-state index in [0.29, 0.717) is 5.75 Å². The van der Waals surface area contributed by atoms with Crippen LogP contribution in [0.25, 0.3) is 0 Å². The monoisotopic (exact) mass is 407 g/mol. The molecule has 1 unspecified atom stereocenters. The van der Waals surface area contributed by atoms with Crippen molar-refractivity contribution in [3.8, 4) is 11.5 Å². The van der Waals surface area contributed by atoms with Crippen LogP contribution >= 0.6 is 0 Å². The number of carbonyl (C=O) groups is 1. The first-order valence-electron chi connectivity index (χ1n) is 9.92. The van der Waals surface area contributed by atoms with E-state index in [9.17, 15) is 4.79 Å². The number of amides is 1. The summed E-state index contributed by atoms with van der Waals surface area (Å²) in [7, 11) is 3.52. The third-order valence-corrected chi connectivity index (χ3v) is 4.94. The normalized spacial score (nSPS) is 12.3. The van der Waals surface area contributed by atoms with Crippen molar-refractivity contribution in [3.05, 3.63) is 77.9 Å². The van der Waals surface area contributed by atoms with E-state index in [0.717, 1.165) is 17.1 Å². The molecule has 0 aliphatic rings. The first kappa shape index (κ1) is 21.4. The van der Waals surface area contributed by atoms with Gasteiger partial charge in [0.25, 0.3) is 5.91 Å². The standard InChI is InChI=1S/C24H29N3O3/c1-24(2,3)18-9-11-19(12-10-18)30-16-21(28)26-22(23-25-13-14-27(23)4)17-7-6-8-20(15-17)29-5/h6-15,22H,16H2,1-5H3,(H,26,28). The molecule has 0 saturated heterocycles. The predicted molar refractivity (Wildman–Crippen MR) is 117 cm³/mol. The highest BCUT2D eigenvalue weighted by Gasteiger charge is 2.21. The maximum absolute atomic E-state index is 12.7. The first-order chi connectivity index (χ1) is 14.3. The van der Waals surface area contributed by atoms with Gasteiger partial charge >= 0.3 is 0 Å². The number of carbonyl (C=O) groups excluding carboxylic acids is 1. The highest BCUT2D eigenvalue weighted by molar-refractivity contribution is 5.78. The molecule has 158 valence electrons. The van der Waals surface area contributed by atoms with Gasteiger partial charge in [0.15, 0.2) is 6.61 Å². The molecule has 0 spiro atoms. The molecule has 0 fully saturated rings. The number of ether oxygens (including phenoxy) is 2. The van der Waals surface area contributed by atoms with Crippen molar-refractivity contribution in [2.24, 2.45) is 7.05 Å². The molecule has 0 saturated carbocycles. The number of nitrogens with one attached hydrogen (secondary N) is 1. The van der Waals surface area contributed by atoms with Crippen LogP contribution in [0, 0.1) is 0 Å². The molecule has 0 bridgehead atoms. The lowest BCUT2D eigenvalue weighted by atomic mass is 9.87. The average molecular weight is 408 g/mol.